The van der Waals surface area contributed by atoms with E-state index in [2.05, 4.69) is 31.2 Å². The van der Waals surface area contributed by atoms with Crippen molar-refractivity contribution in [3.05, 3.63) is 41.1 Å². The molecule has 7 heteroatoms. The zero-order valence-corrected chi connectivity index (χ0v) is 15.8. The monoisotopic (exact) mass is 366 g/mol. The van der Waals surface area contributed by atoms with E-state index in [1.807, 2.05) is 38.2 Å². The number of anilines is 3. The maximum absolute atomic E-state index is 12.3. The van der Waals surface area contributed by atoms with Gasteiger partial charge >= 0.3 is 0 Å². The summed E-state index contributed by atoms with van der Waals surface area (Å²) in [7, 11) is 2.00. The highest BCUT2D eigenvalue weighted by molar-refractivity contribution is 6.02. The van der Waals surface area contributed by atoms with Gasteiger partial charge in [-0.25, -0.2) is 4.98 Å². The van der Waals surface area contributed by atoms with Crippen LogP contribution in [0.1, 0.15) is 47.3 Å². The van der Waals surface area contributed by atoms with Crippen LogP contribution >= 0.6 is 0 Å². The summed E-state index contributed by atoms with van der Waals surface area (Å²) in [5, 5.41) is 13.1. The van der Waals surface area contributed by atoms with Crippen LogP contribution in [0.2, 0.25) is 0 Å². The SMILES string of the molecule is CN[C@H]1CCCC[C@H]1Nc1nc2c(c(Nc3cccc(C)c3)n1)C(=O)NC2. The quantitative estimate of drug-likeness (QED) is 0.650. The summed E-state index contributed by atoms with van der Waals surface area (Å²) in [5.41, 5.74) is 3.33. The molecule has 1 amide bonds. The molecule has 7 nitrogen and oxygen atoms in total. The molecule has 0 spiro atoms. The number of rotatable bonds is 5. The summed E-state index contributed by atoms with van der Waals surface area (Å²) in [4.78, 5) is 21.6. The van der Waals surface area contributed by atoms with Crippen molar-refractivity contribution in [1.29, 1.82) is 0 Å². The summed E-state index contributed by atoms with van der Waals surface area (Å²) in [6.45, 7) is 2.48. The van der Waals surface area contributed by atoms with Crippen molar-refractivity contribution in [2.24, 2.45) is 0 Å². The largest absolute Gasteiger partial charge is 0.350 e. The van der Waals surface area contributed by atoms with Gasteiger partial charge in [0.2, 0.25) is 5.95 Å². The molecule has 0 saturated heterocycles. The van der Waals surface area contributed by atoms with Crippen LogP contribution in [0.3, 0.4) is 0 Å². The fraction of sp³-hybridized carbons (Fsp3) is 0.450. The van der Waals surface area contributed by atoms with Gasteiger partial charge < -0.3 is 21.3 Å². The molecule has 2 heterocycles. The Kier molecular flexibility index (Phi) is 4.94. The molecule has 2 atom stereocenters. The fourth-order valence-electron chi connectivity index (χ4n) is 3.96. The lowest BCUT2D eigenvalue weighted by Gasteiger charge is -2.32. The first kappa shape index (κ1) is 17.7. The van der Waals surface area contributed by atoms with E-state index >= 15 is 0 Å². The average Bonchev–Trinajstić information content (AvgIpc) is 3.03. The zero-order valence-electron chi connectivity index (χ0n) is 15.8. The Labute approximate surface area is 159 Å². The standard InChI is InChI=1S/C20H26N6O/c1-12-6-5-7-13(10-12)23-18-17-16(11-22-19(17)27)25-20(26-18)24-15-9-4-3-8-14(15)21-2/h5-7,10,14-15,21H,3-4,8-9,11H2,1-2H3,(H,22,27)(H2,23,24,25,26)/t14-,15+/m0/s1. The van der Waals surface area contributed by atoms with Crippen molar-refractivity contribution in [1.82, 2.24) is 20.6 Å². The number of aryl methyl sites for hydroxylation is 1. The molecule has 1 aliphatic carbocycles. The number of hydrogen-bond acceptors (Lipinski definition) is 6. The smallest absolute Gasteiger partial charge is 0.257 e. The van der Waals surface area contributed by atoms with Crippen LogP contribution in [0, 0.1) is 6.92 Å². The number of nitrogens with one attached hydrogen (secondary N) is 4. The summed E-state index contributed by atoms with van der Waals surface area (Å²) < 4.78 is 0. The lowest BCUT2D eigenvalue weighted by atomic mass is 9.90. The molecular formula is C20H26N6O. The van der Waals surface area contributed by atoms with Crippen LogP contribution in [-0.2, 0) is 6.54 Å². The average molecular weight is 366 g/mol. The second-order valence-electron chi connectivity index (χ2n) is 7.33. The van der Waals surface area contributed by atoms with Gasteiger partial charge in [0, 0.05) is 17.8 Å². The Bertz CT molecular complexity index is 852. The van der Waals surface area contributed by atoms with Crippen molar-refractivity contribution in [2.75, 3.05) is 17.7 Å². The Morgan fingerprint density at radius 1 is 1.15 bits per heavy atom. The highest BCUT2D eigenvalue weighted by atomic mass is 16.2. The van der Waals surface area contributed by atoms with Crippen molar-refractivity contribution in [3.8, 4) is 0 Å². The van der Waals surface area contributed by atoms with Gasteiger partial charge in [-0.05, 0) is 44.5 Å². The lowest BCUT2D eigenvalue weighted by molar-refractivity contribution is 0.0966. The number of nitrogens with zero attached hydrogens (tertiary/aromatic N) is 2. The van der Waals surface area contributed by atoms with Crippen LogP contribution in [0.5, 0.6) is 0 Å². The van der Waals surface area contributed by atoms with Gasteiger partial charge in [-0.3, -0.25) is 4.79 Å². The minimum Gasteiger partial charge on any atom is -0.350 e. The third kappa shape index (κ3) is 3.73. The van der Waals surface area contributed by atoms with Crippen molar-refractivity contribution >= 4 is 23.4 Å². The van der Waals surface area contributed by atoms with Crippen molar-refractivity contribution in [3.63, 3.8) is 0 Å². The molecule has 1 aliphatic heterocycles. The molecule has 0 unspecified atom stereocenters. The normalized spacial score (nSPS) is 21.5. The molecular weight excluding hydrogens is 340 g/mol. The van der Waals surface area contributed by atoms with Crippen LogP contribution in [0.4, 0.5) is 17.5 Å². The number of fused-ring (bicyclic) bond motifs is 1. The highest BCUT2D eigenvalue weighted by Crippen LogP contribution is 2.28. The van der Waals surface area contributed by atoms with Gasteiger partial charge in [0.25, 0.3) is 5.91 Å². The molecule has 4 rings (SSSR count). The predicted molar refractivity (Wildman–Crippen MR) is 106 cm³/mol. The number of likely N-dealkylation sites (N-methyl/N-ethyl adjacent to an activating group) is 1. The number of benzene rings is 1. The number of carbonyl (C=O) groups excluding carboxylic acids is 1. The lowest BCUT2D eigenvalue weighted by Crippen LogP contribution is -2.45. The van der Waals surface area contributed by atoms with Gasteiger partial charge in [0.05, 0.1) is 12.2 Å². The highest BCUT2D eigenvalue weighted by Gasteiger charge is 2.29. The second kappa shape index (κ2) is 7.52. The summed E-state index contributed by atoms with van der Waals surface area (Å²) >= 11 is 0. The first-order chi connectivity index (χ1) is 13.1. The van der Waals surface area contributed by atoms with E-state index in [0.717, 1.165) is 29.8 Å². The zero-order chi connectivity index (χ0) is 18.8. The van der Waals surface area contributed by atoms with Gasteiger partial charge in [-0.1, -0.05) is 25.0 Å². The maximum Gasteiger partial charge on any atom is 0.257 e. The van der Waals surface area contributed by atoms with Crippen LogP contribution < -0.4 is 21.3 Å². The van der Waals surface area contributed by atoms with E-state index in [-0.39, 0.29) is 5.91 Å². The maximum atomic E-state index is 12.3. The Hall–Kier alpha value is -2.67. The Morgan fingerprint density at radius 2 is 1.96 bits per heavy atom. The number of carbonyl (C=O) groups is 1. The molecule has 1 fully saturated rings. The molecule has 0 bridgehead atoms. The Morgan fingerprint density at radius 3 is 2.74 bits per heavy atom. The van der Waals surface area contributed by atoms with Crippen LogP contribution in [0.25, 0.3) is 0 Å². The van der Waals surface area contributed by atoms with E-state index in [0.29, 0.717) is 36.0 Å². The molecule has 1 aromatic heterocycles. The fourth-order valence-corrected chi connectivity index (χ4v) is 3.96. The number of amides is 1. The minimum absolute atomic E-state index is 0.127. The molecule has 142 valence electrons. The Balaban J connectivity index is 1.64. The van der Waals surface area contributed by atoms with E-state index in [1.54, 1.807) is 0 Å². The summed E-state index contributed by atoms with van der Waals surface area (Å²) in [5.74, 6) is 1.00. The predicted octanol–water partition coefficient (Wildman–Crippen LogP) is 2.71. The first-order valence-electron chi connectivity index (χ1n) is 9.60. The first-order valence-corrected chi connectivity index (χ1v) is 9.60. The topological polar surface area (TPSA) is 91.0 Å². The van der Waals surface area contributed by atoms with Gasteiger partial charge in [-0.15, -0.1) is 0 Å². The van der Waals surface area contributed by atoms with E-state index < -0.39 is 0 Å². The van der Waals surface area contributed by atoms with Gasteiger partial charge in [-0.2, -0.15) is 4.98 Å². The molecule has 1 aromatic carbocycles. The summed E-state index contributed by atoms with van der Waals surface area (Å²) in [6.07, 6.45) is 4.68. The van der Waals surface area contributed by atoms with Crippen molar-refractivity contribution in [2.45, 2.75) is 51.2 Å². The molecule has 2 aromatic rings. The third-order valence-corrected chi connectivity index (χ3v) is 5.36. The number of aromatic nitrogens is 2. The molecule has 27 heavy (non-hydrogen) atoms. The van der Waals surface area contributed by atoms with E-state index in [1.165, 1.54) is 12.8 Å². The number of hydrogen-bond donors (Lipinski definition) is 4. The van der Waals surface area contributed by atoms with Gasteiger partial charge in [0.1, 0.15) is 11.4 Å². The van der Waals surface area contributed by atoms with Crippen LogP contribution in [-0.4, -0.2) is 35.0 Å². The van der Waals surface area contributed by atoms with E-state index in [4.69, 9.17) is 0 Å². The van der Waals surface area contributed by atoms with Crippen LogP contribution in [0.15, 0.2) is 24.3 Å². The minimum atomic E-state index is -0.127. The van der Waals surface area contributed by atoms with E-state index in [9.17, 15) is 4.79 Å². The van der Waals surface area contributed by atoms with Gasteiger partial charge in [0.15, 0.2) is 0 Å². The summed E-state index contributed by atoms with van der Waals surface area (Å²) in [6, 6.07) is 8.72. The molecule has 4 N–H and O–H groups in total. The molecule has 1 saturated carbocycles. The molecule has 0 radical (unpaired) electrons. The third-order valence-electron chi connectivity index (χ3n) is 5.36. The molecule has 2 aliphatic rings. The van der Waals surface area contributed by atoms with Crippen molar-refractivity contribution < 1.29 is 4.79 Å². The second-order valence-corrected chi connectivity index (χ2v) is 7.33.